The van der Waals surface area contributed by atoms with Gasteiger partial charge < -0.3 is 14.9 Å². The number of benzene rings is 1. The number of carbonyl (C=O) groups is 1. The Labute approximate surface area is 112 Å². The van der Waals surface area contributed by atoms with Gasteiger partial charge in [0.1, 0.15) is 0 Å². The Morgan fingerprint density at radius 2 is 2.30 bits per heavy atom. The number of carboxylic acid groups (broad SMARTS) is 1. The van der Waals surface area contributed by atoms with Crippen molar-refractivity contribution in [2.24, 2.45) is 0 Å². The lowest BCUT2D eigenvalue weighted by Crippen LogP contribution is -2.07. The largest absolute Gasteiger partial charge is 0.478 e. The second-order valence-corrected chi connectivity index (χ2v) is 3.93. The molecule has 0 aliphatic heterocycles. The number of nitrogens with one attached hydrogen (secondary N) is 1. The topological polar surface area (TPSA) is 131 Å². The molecule has 0 aliphatic rings. The maximum absolute atomic E-state index is 11.0. The van der Waals surface area contributed by atoms with Gasteiger partial charge in [-0.2, -0.15) is 4.98 Å². The molecular formula is C11H10N4O5. The zero-order valence-corrected chi connectivity index (χ0v) is 10.4. The van der Waals surface area contributed by atoms with E-state index in [0.29, 0.717) is 17.1 Å². The van der Waals surface area contributed by atoms with Crippen LogP contribution in [-0.2, 0) is 6.54 Å². The number of rotatable bonds is 5. The van der Waals surface area contributed by atoms with Gasteiger partial charge in [0.2, 0.25) is 6.39 Å². The fourth-order valence-electron chi connectivity index (χ4n) is 1.64. The molecule has 1 heterocycles. The Morgan fingerprint density at radius 3 is 2.85 bits per heavy atom. The first-order valence-electron chi connectivity index (χ1n) is 5.50. The number of aromatic nitrogens is 2. The van der Waals surface area contributed by atoms with E-state index in [1.165, 1.54) is 13.0 Å². The molecule has 0 atom stereocenters. The second kappa shape index (κ2) is 5.34. The smallest absolute Gasteiger partial charge is 0.336 e. The molecule has 0 unspecified atom stereocenters. The van der Waals surface area contributed by atoms with Gasteiger partial charge in [0.05, 0.1) is 17.0 Å². The van der Waals surface area contributed by atoms with E-state index in [0.717, 1.165) is 12.5 Å². The average molecular weight is 278 g/mol. The molecule has 0 aliphatic carbocycles. The lowest BCUT2D eigenvalue weighted by Gasteiger charge is -2.09. The Kier molecular flexibility index (Phi) is 3.60. The summed E-state index contributed by atoms with van der Waals surface area (Å²) in [7, 11) is 0. The highest BCUT2D eigenvalue weighted by Crippen LogP contribution is 2.28. The third kappa shape index (κ3) is 2.71. The van der Waals surface area contributed by atoms with E-state index in [4.69, 9.17) is 5.11 Å². The molecule has 0 fully saturated rings. The maximum Gasteiger partial charge on any atom is 0.336 e. The number of hydrogen-bond acceptors (Lipinski definition) is 7. The van der Waals surface area contributed by atoms with Gasteiger partial charge in [-0.1, -0.05) is 5.16 Å². The van der Waals surface area contributed by atoms with Crippen molar-refractivity contribution in [2.45, 2.75) is 13.5 Å². The number of hydrogen-bond donors (Lipinski definition) is 2. The molecule has 0 amide bonds. The van der Waals surface area contributed by atoms with E-state index < -0.39 is 10.9 Å². The number of nitrogens with zero attached hydrogens (tertiary/aromatic N) is 3. The minimum atomic E-state index is -1.24. The first kappa shape index (κ1) is 13.5. The molecular weight excluding hydrogens is 268 g/mol. The lowest BCUT2D eigenvalue weighted by molar-refractivity contribution is -0.385. The number of nitro benzene ring substituents is 1. The van der Waals surface area contributed by atoms with E-state index in [2.05, 4.69) is 20.0 Å². The second-order valence-electron chi connectivity index (χ2n) is 3.93. The highest BCUT2D eigenvalue weighted by molar-refractivity contribution is 5.90. The lowest BCUT2D eigenvalue weighted by atomic mass is 10.1. The van der Waals surface area contributed by atoms with E-state index >= 15 is 0 Å². The Balaban J connectivity index is 2.35. The summed E-state index contributed by atoms with van der Waals surface area (Å²) in [6.45, 7) is 1.69. The molecule has 2 N–H and O–H groups in total. The summed E-state index contributed by atoms with van der Waals surface area (Å²) < 4.78 is 4.55. The summed E-state index contributed by atoms with van der Waals surface area (Å²) in [4.78, 5) is 25.1. The summed E-state index contributed by atoms with van der Waals surface area (Å²) in [6.07, 6.45) is 1.15. The molecule has 0 radical (unpaired) electrons. The van der Waals surface area contributed by atoms with Gasteiger partial charge in [-0.25, -0.2) is 4.79 Å². The van der Waals surface area contributed by atoms with Crippen molar-refractivity contribution < 1.29 is 19.3 Å². The van der Waals surface area contributed by atoms with Crippen molar-refractivity contribution >= 4 is 17.3 Å². The Bertz CT molecular complexity index is 653. The van der Waals surface area contributed by atoms with Crippen molar-refractivity contribution in [1.82, 2.24) is 10.1 Å². The van der Waals surface area contributed by atoms with Crippen LogP contribution in [0.1, 0.15) is 21.7 Å². The molecule has 1 aromatic carbocycles. The van der Waals surface area contributed by atoms with Gasteiger partial charge in [0.25, 0.3) is 5.69 Å². The van der Waals surface area contributed by atoms with Crippen molar-refractivity contribution in [3.05, 3.63) is 45.6 Å². The third-order valence-corrected chi connectivity index (χ3v) is 2.67. The SMILES string of the molecule is Cc1c(NCc2ncon2)cc(C(=O)O)cc1[N+](=O)[O-]. The summed E-state index contributed by atoms with van der Waals surface area (Å²) in [5.74, 6) is -0.886. The van der Waals surface area contributed by atoms with Gasteiger partial charge in [-0.3, -0.25) is 10.1 Å². The number of anilines is 1. The third-order valence-electron chi connectivity index (χ3n) is 2.67. The van der Waals surface area contributed by atoms with E-state index in [-0.39, 0.29) is 17.8 Å². The fourth-order valence-corrected chi connectivity index (χ4v) is 1.64. The Morgan fingerprint density at radius 1 is 1.55 bits per heavy atom. The van der Waals surface area contributed by atoms with E-state index in [1.54, 1.807) is 0 Å². The highest BCUT2D eigenvalue weighted by Gasteiger charge is 2.19. The first-order chi connectivity index (χ1) is 9.49. The molecule has 20 heavy (non-hydrogen) atoms. The van der Waals surface area contributed by atoms with Crippen LogP contribution < -0.4 is 5.32 Å². The molecule has 0 spiro atoms. The fraction of sp³-hybridized carbons (Fsp3) is 0.182. The predicted octanol–water partition coefficient (Wildman–Crippen LogP) is 1.60. The average Bonchev–Trinajstić information content (AvgIpc) is 2.90. The highest BCUT2D eigenvalue weighted by atomic mass is 16.6. The van der Waals surface area contributed by atoms with Gasteiger partial charge >= 0.3 is 5.97 Å². The first-order valence-corrected chi connectivity index (χ1v) is 5.50. The maximum atomic E-state index is 11.0. The minimum Gasteiger partial charge on any atom is -0.478 e. The van der Waals surface area contributed by atoms with Crippen molar-refractivity contribution in [3.8, 4) is 0 Å². The summed E-state index contributed by atoms with van der Waals surface area (Å²) >= 11 is 0. The van der Waals surface area contributed by atoms with Gasteiger partial charge in [-0.15, -0.1) is 0 Å². The summed E-state index contributed by atoms with van der Waals surface area (Å²) in [5.41, 5.74) is 0.239. The minimum absolute atomic E-state index is 0.164. The van der Waals surface area contributed by atoms with Crippen LogP contribution in [0.2, 0.25) is 0 Å². The monoisotopic (exact) mass is 278 g/mol. The number of aromatic carboxylic acids is 1. The number of nitro groups is 1. The predicted molar refractivity (Wildman–Crippen MR) is 66.4 cm³/mol. The quantitative estimate of drug-likeness (QED) is 0.622. The van der Waals surface area contributed by atoms with Crippen molar-refractivity contribution in [2.75, 3.05) is 5.32 Å². The molecule has 9 heteroatoms. The molecule has 2 aromatic rings. The van der Waals surface area contributed by atoms with Gasteiger partial charge in [0, 0.05) is 17.3 Å². The summed E-state index contributed by atoms with van der Waals surface area (Å²) in [5, 5.41) is 26.3. The standard InChI is InChI=1S/C11H10N4O5/c1-6-8(12-4-10-13-5-20-14-10)2-7(11(16)17)3-9(6)15(18)19/h2-3,5,12H,4H2,1H3,(H,16,17). The van der Waals surface area contributed by atoms with Crippen LogP contribution in [0.25, 0.3) is 0 Å². The van der Waals surface area contributed by atoms with Crippen LogP contribution in [0, 0.1) is 17.0 Å². The number of carboxylic acids is 1. The van der Waals surface area contributed by atoms with Gasteiger partial charge in [-0.05, 0) is 13.0 Å². The van der Waals surface area contributed by atoms with Crippen molar-refractivity contribution in [3.63, 3.8) is 0 Å². The molecule has 0 bridgehead atoms. The normalized spacial score (nSPS) is 10.2. The van der Waals surface area contributed by atoms with Crippen LogP contribution in [0.3, 0.4) is 0 Å². The van der Waals surface area contributed by atoms with Gasteiger partial charge in [0.15, 0.2) is 5.82 Å². The van der Waals surface area contributed by atoms with Crippen LogP contribution >= 0.6 is 0 Å². The van der Waals surface area contributed by atoms with Crippen LogP contribution in [-0.4, -0.2) is 26.1 Å². The van der Waals surface area contributed by atoms with E-state index in [9.17, 15) is 14.9 Å². The van der Waals surface area contributed by atoms with Crippen LogP contribution in [0.5, 0.6) is 0 Å². The van der Waals surface area contributed by atoms with E-state index in [1.807, 2.05) is 0 Å². The molecule has 9 nitrogen and oxygen atoms in total. The molecule has 104 valence electrons. The molecule has 1 aromatic heterocycles. The summed E-state index contributed by atoms with van der Waals surface area (Å²) in [6, 6.07) is 2.35. The Hall–Kier alpha value is -2.97. The molecule has 0 saturated heterocycles. The van der Waals surface area contributed by atoms with Crippen LogP contribution in [0.15, 0.2) is 23.0 Å². The molecule has 2 rings (SSSR count). The van der Waals surface area contributed by atoms with Crippen LogP contribution in [0.4, 0.5) is 11.4 Å². The molecule has 0 saturated carbocycles. The zero-order valence-electron chi connectivity index (χ0n) is 10.4. The zero-order chi connectivity index (χ0) is 14.7. The van der Waals surface area contributed by atoms with Crippen molar-refractivity contribution in [1.29, 1.82) is 0 Å².